The summed E-state index contributed by atoms with van der Waals surface area (Å²) in [4.78, 5) is 113. The number of benzene rings is 2. The van der Waals surface area contributed by atoms with Crippen LogP contribution in [0, 0.1) is 0 Å². The Morgan fingerprint density at radius 3 is 0.459 bits per heavy atom. The Morgan fingerprint density at radius 1 is 0.189 bits per heavy atom. The molecule has 0 saturated carbocycles. The molecule has 8 N–H and O–H groups in total. The minimum atomic E-state index is -1.07. The first kappa shape index (κ1) is 112. The van der Waals surface area contributed by atoms with Crippen molar-refractivity contribution in [2.45, 2.75) is 515 Å². The van der Waals surface area contributed by atoms with Crippen LogP contribution in [0.1, 0.15) is 525 Å². The molecule has 0 saturated heterocycles. The highest BCUT2D eigenvalue weighted by Gasteiger charge is 2.36. The Balaban J connectivity index is 2.51. The van der Waals surface area contributed by atoms with Gasteiger partial charge in [-0.2, -0.15) is 0 Å². The van der Waals surface area contributed by atoms with Crippen molar-refractivity contribution >= 4 is 47.3 Å². The van der Waals surface area contributed by atoms with Crippen LogP contribution in [-0.2, 0) is 28.8 Å². The molecular weight excluding hydrogens is 1510 g/mol. The summed E-state index contributed by atoms with van der Waals surface area (Å²) < 4.78 is 0. The normalized spacial score (nSPS) is 11.6. The van der Waals surface area contributed by atoms with Gasteiger partial charge in [-0.05, 0) is 112 Å². The zero-order chi connectivity index (χ0) is 88.4. The molecule has 0 heterocycles. The van der Waals surface area contributed by atoms with E-state index >= 15 is 0 Å². The Morgan fingerprint density at radius 2 is 0.320 bits per heavy atom. The SMILES string of the molecule is CCCCCCCCCCCCNC(=O)CCC(CCC(=O)NCCCCCCCCCCCC)(CCC(=O)NCCCCCCCCCCCC)NC(=O)c1ccc(-c2ccc(C(=O)NC(CCC(=O)NCCCCCCCCCCCC)(CCC(=O)NCCCCCCCCCCCC)CCC(=O)NCCCCCCCCCCCC)cc2)cc1. The lowest BCUT2D eigenvalue weighted by molar-refractivity contribution is -0.123. The maximum Gasteiger partial charge on any atom is 0.251 e. The zero-order valence-electron chi connectivity index (χ0n) is 80.0. The minimum Gasteiger partial charge on any atom is -0.356 e. The smallest absolute Gasteiger partial charge is 0.251 e. The molecule has 0 aliphatic heterocycles. The fourth-order valence-corrected chi connectivity index (χ4v) is 17.1. The van der Waals surface area contributed by atoms with Crippen LogP contribution in [0.25, 0.3) is 11.1 Å². The van der Waals surface area contributed by atoms with Gasteiger partial charge in [-0.15, -0.1) is 0 Å². The molecule has 0 fully saturated rings. The van der Waals surface area contributed by atoms with E-state index in [1.54, 1.807) is 24.3 Å². The van der Waals surface area contributed by atoms with Gasteiger partial charge >= 0.3 is 0 Å². The second-order valence-electron chi connectivity index (χ2n) is 36.8. The quantitative estimate of drug-likeness (QED) is 0.0296. The summed E-state index contributed by atoms with van der Waals surface area (Å²) in [6.07, 6.45) is 74.1. The van der Waals surface area contributed by atoms with E-state index in [9.17, 15) is 38.4 Å². The monoisotopic (exact) mass is 1700 g/mol. The predicted molar refractivity (Wildman–Crippen MR) is 517 cm³/mol. The molecule has 2 rings (SSSR count). The van der Waals surface area contributed by atoms with Gasteiger partial charge in [0.1, 0.15) is 0 Å². The van der Waals surface area contributed by atoms with Crippen LogP contribution in [0.15, 0.2) is 48.5 Å². The molecule has 122 heavy (non-hydrogen) atoms. The van der Waals surface area contributed by atoms with Crippen molar-refractivity contribution < 1.29 is 38.4 Å². The number of hydrogen-bond donors (Lipinski definition) is 8. The fourth-order valence-electron chi connectivity index (χ4n) is 17.1. The molecule has 16 nitrogen and oxygen atoms in total. The number of carbonyl (C=O) groups is 8. The number of carbonyl (C=O) groups excluding carboxylic acids is 8. The first-order valence-corrected chi connectivity index (χ1v) is 52.1. The molecule has 0 unspecified atom stereocenters. The van der Waals surface area contributed by atoms with E-state index in [-0.39, 0.29) is 124 Å². The highest BCUT2D eigenvalue weighted by atomic mass is 16.2. The summed E-state index contributed by atoms with van der Waals surface area (Å²) in [6, 6.07) is 14.6. The molecule has 16 heteroatoms. The van der Waals surface area contributed by atoms with Gasteiger partial charge in [-0.25, -0.2) is 0 Å². The lowest BCUT2D eigenvalue weighted by Gasteiger charge is -2.35. The van der Waals surface area contributed by atoms with Gasteiger partial charge in [0.15, 0.2) is 0 Å². The number of nitrogens with one attached hydrogen (secondary N) is 8. The van der Waals surface area contributed by atoms with Crippen LogP contribution in [-0.4, -0.2) is 97.6 Å². The Hall–Kier alpha value is -5.80. The van der Waals surface area contributed by atoms with Gasteiger partial charge in [0.25, 0.3) is 11.8 Å². The first-order valence-electron chi connectivity index (χ1n) is 52.1. The molecule has 0 spiro atoms. The van der Waals surface area contributed by atoms with E-state index in [4.69, 9.17) is 0 Å². The van der Waals surface area contributed by atoms with Crippen molar-refractivity contribution in [1.29, 1.82) is 0 Å². The molecule has 2 aromatic rings. The van der Waals surface area contributed by atoms with Crippen LogP contribution in [0.4, 0.5) is 0 Å². The van der Waals surface area contributed by atoms with Crippen molar-refractivity contribution in [3.05, 3.63) is 59.7 Å². The Bertz CT molecular complexity index is 2450. The van der Waals surface area contributed by atoms with Crippen LogP contribution >= 0.6 is 0 Å². The average molecular weight is 1700 g/mol. The Kier molecular flexibility index (Phi) is 74.5. The van der Waals surface area contributed by atoms with Crippen LogP contribution in [0.3, 0.4) is 0 Å². The molecule has 702 valence electrons. The Labute approximate surface area is 748 Å². The summed E-state index contributed by atoms with van der Waals surface area (Å²) >= 11 is 0. The van der Waals surface area contributed by atoms with E-state index in [2.05, 4.69) is 84.1 Å². The maximum absolute atomic E-state index is 14.9. The second kappa shape index (κ2) is 81.0. The van der Waals surface area contributed by atoms with Crippen LogP contribution in [0.5, 0.6) is 0 Å². The van der Waals surface area contributed by atoms with Gasteiger partial charge in [-0.3, -0.25) is 38.4 Å². The van der Waals surface area contributed by atoms with Gasteiger partial charge in [0.2, 0.25) is 35.4 Å². The predicted octanol–water partition coefficient (Wildman–Crippen LogP) is 27.2. The van der Waals surface area contributed by atoms with Gasteiger partial charge < -0.3 is 42.5 Å². The first-order chi connectivity index (χ1) is 59.7. The number of unbranched alkanes of at least 4 members (excludes halogenated alkanes) is 54. The van der Waals surface area contributed by atoms with E-state index < -0.39 is 11.1 Å². The number of hydrogen-bond acceptors (Lipinski definition) is 8. The van der Waals surface area contributed by atoms with Crippen molar-refractivity contribution in [3.8, 4) is 11.1 Å². The number of amides is 8. The van der Waals surface area contributed by atoms with E-state index in [1.165, 1.54) is 270 Å². The third kappa shape index (κ3) is 64.9. The molecule has 8 amide bonds. The van der Waals surface area contributed by atoms with Crippen molar-refractivity contribution in [1.82, 2.24) is 42.5 Å². The molecule has 0 atom stereocenters. The van der Waals surface area contributed by atoms with Crippen molar-refractivity contribution in [3.63, 3.8) is 0 Å². The molecular formula is C106H190N8O8. The molecule has 0 radical (unpaired) electrons. The summed E-state index contributed by atoms with van der Waals surface area (Å²) in [5.41, 5.74) is 0.248. The number of rotatable bonds is 89. The molecule has 0 bridgehead atoms. The molecule has 2 aromatic carbocycles. The highest BCUT2D eigenvalue weighted by Crippen LogP contribution is 2.31. The molecule has 0 aliphatic carbocycles. The third-order valence-electron chi connectivity index (χ3n) is 25.5. The lowest BCUT2D eigenvalue weighted by atomic mass is 9.82. The van der Waals surface area contributed by atoms with Gasteiger partial charge in [0.05, 0.1) is 0 Å². The van der Waals surface area contributed by atoms with Crippen molar-refractivity contribution in [2.24, 2.45) is 0 Å². The highest BCUT2D eigenvalue weighted by molar-refractivity contribution is 5.96. The molecule has 0 aliphatic rings. The standard InChI is InChI=1S/C106H190N8O8/c1-7-13-19-25-31-37-43-49-55-61-87-107-97(115)75-81-105(82-76-98(116)108-88-62-56-50-44-38-32-26-20-14-8-2,83-77-99(117)109-89-63-57-51-45-39-33-27-21-15-9-3)113-103(121)95-71-67-93(68-72-95)94-69-73-96(74-70-94)104(122)114-106(84-78-100(118)110-90-64-58-52-46-40-34-28-22-16-10-4,85-79-101(119)111-91-65-59-53-47-41-35-29-23-17-11-5)86-80-102(120)112-92-66-60-54-48-42-36-30-24-18-12-6/h67-74H,7-66,75-92H2,1-6H3,(H,107,115)(H,108,116)(H,109,117)(H,110,118)(H,111,119)(H,112,120)(H,113,121)(H,114,122). The summed E-state index contributed by atoms with van der Waals surface area (Å²) in [7, 11) is 0. The molecule has 0 aromatic heterocycles. The summed E-state index contributed by atoms with van der Waals surface area (Å²) in [5, 5.41) is 25.7. The summed E-state index contributed by atoms with van der Waals surface area (Å²) in [5.74, 6) is -1.39. The van der Waals surface area contributed by atoms with Crippen LogP contribution in [0.2, 0.25) is 0 Å². The van der Waals surface area contributed by atoms with Crippen LogP contribution < -0.4 is 42.5 Å². The van der Waals surface area contributed by atoms with E-state index in [0.29, 0.717) is 50.4 Å². The average Bonchev–Trinajstić information content (AvgIpc) is 0.823. The topological polar surface area (TPSA) is 233 Å². The minimum absolute atomic E-state index is 0.111. The van der Waals surface area contributed by atoms with Crippen molar-refractivity contribution in [2.75, 3.05) is 39.3 Å². The van der Waals surface area contributed by atoms with Gasteiger partial charge in [-0.1, -0.05) is 413 Å². The lowest BCUT2D eigenvalue weighted by Crippen LogP contribution is -2.50. The van der Waals surface area contributed by atoms with E-state index in [1.807, 2.05) is 24.3 Å². The summed E-state index contributed by atoms with van der Waals surface area (Å²) in [6.45, 7) is 16.9. The fraction of sp³-hybridized carbons (Fsp3) is 0.811. The zero-order valence-corrected chi connectivity index (χ0v) is 80.0. The van der Waals surface area contributed by atoms with Gasteiger partial charge in [0, 0.05) is 100.0 Å². The third-order valence-corrected chi connectivity index (χ3v) is 25.5. The van der Waals surface area contributed by atoms with E-state index in [0.717, 1.165) is 127 Å². The largest absolute Gasteiger partial charge is 0.356 e. The maximum atomic E-state index is 14.9. The second-order valence-corrected chi connectivity index (χ2v) is 36.8.